The van der Waals surface area contributed by atoms with E-state index in [2.05, 4.69) is 10.6 Å². The number of ketones is 2. The van der Waals surface area contributed by atoms with Crippen LogP contribution in [0.25, 0.3) is 32.7 Å². The largest absolute Gasteiger partial charge is 0.360 e. The molecule has 6 rings (SSSR count). The van der Waals surface area contributed by atoms with Crippen LogP contribution < -0.4 is 10.6 Å². The van der Waals surface area contributed by atoms with Crippen LogP contribution in [0.1, 0.15) is 0 Å². The lowest BCUT2D eigenvalue weighted by Crippen LogP contribution is -2.08. The number of Topliss-reactive ketones (excluding diaryl/α,β-unsaturated/α-hetero) is 2. The second-order valence-electron chi connectivity index (χ2n) is 9.61. The Hall–Kier alpha value is -5.50. The second-order valence-corrected chi connectivity index (χ2v) is 9.61. The molecular weight excluding hydrogens is 544 g/mol. The molecule has 206 valence electrons. The summed E-state index contributed by atoms with van der Waals surface area (Å²) < 4.78 is 55.8. The predicted octanol–water partition coefficient (Wildman–Crippen LogP) is 8.83. The molecule has 4 aromatic rings. The summed E-state index contributed by atoms with van der Waals surface area (Å²) in [4.78, 5) is 24.7. The van der Waals surface area contributed by atoms with E-state index >= 15 is 0 Å². The van der Waals surface area contributed by atoms with Crippen molar-refractivity contribution >= 4 is 44.5 Å². The minimum Gasteiger partial charge on any atom is -0.360 e. The standard InChI is InChI=1S/C34H20F4N2O2/c35-23-13-21(33(41)27(37)15-23)17-39-29-11-9-19-5-1-3-7-25(19)31(29)32-26-8-4-2-6-20(26)10-12-30(32)40-18-22-14-24(36)16-28(38)34(22)42/h1-18,39-40H/b21-17-,22-18-. The van der Waals surface area contributed by atoms with E-state index < -0.39 is 34.9 Å². The minimum atomic E-state index is -1.20. The van der Waals surface area contributed by atoms with Crippen LogP contribution in [-0.4, -0.2) is 11.6 Å². The predicted molar refractivity (Wildman–Crippen MR) is 157 cm³/mol. The summed E-state index contributed by atoms with van der Waals surface area (Å²) in [6, 6.07) is 22.4. The van der Waals surface area contributed by atoms with E-state index in [4.69, 9.17) is 0 Å². The molecule has 0 radical (unpaired) electrons. The summed E-state index contributed by atoms with van der Waals surface area (Å²) in [5, 5.41) is 9.51. The van der Waals surface area contributed by atoms with Crippen LogP contribution in [0.2, 0.25) is 0 Å². The lowest BCUT2D eigenvalue weighted by atomic mass is 9.91. The van der Waals surface area contributed by atoms with Crippen molar-refractivity contribution in [3.8, 4) is 11.1 Å². The molecule has 0 spiro atoms. The van der Waals surface area contributed by atoms with Crippen molar-refractivity contribution in [2.45, 2.75) is 0 Å². The fraction of sp³-hybridized carbons (Fsp3) is 0. The molecule has 2 aliphatic rings. The van der Waals surface area contributed by atoms with Gasteiger partial charge in [0.25, 0.3) is 0 Å². The van der Waals surface area contributed by atoms with Gasteiger partial charge in [-0.25, -0.2) is 17.6 Å². The SMILES string of the molecule is O=C1C(F)=CC(F)=C/C1=C/Nc1ccc2ccccc2c1-c1c(N/C=C2/C=C(F)C=C(F)C2=O)ccc2ccccc12. The van der Waals surface area contributed by atoms with Gasteiger partial charge in [0.1, 0.15) is 11.7 Å². The van der Waals surface area contributed by atoms with E-state index in [1.165, 1.54) is 12.4 Å². The Morgan fingerprint density at radius 2 is 0.905 bits per heavy atom. The number of nitrogens with one attached hydrogen (secondary N) is 2. The van der Waals surface area contributed by atoms with Gasteiger partial charge in [-0.05, 0) is 45.8 Å². The third kappa shape index (κ3) is 4.94. The number of benzene rings is 4. The van der Waals surface area contributed by atoms with Gasteiger partial charge in [-0.15, -0.1) is 0 Å². The molecule has 2 N–H and O–H groups in total. The molecule has 8 heteroatoms. The highest BCUT2D eigenvalue weighted by Crippen LogP contribution is 2.44. The van der Waals surface area contributed by atoms with Crippen molar-refractivity contribution < 1.29 is 27.2 Å². The molecule has 0 aliphatic heterocycles. The van der Waals surface area contributed by atoms with Crippen molar-refractivity contribution in [1.82, 2.24) is 0 Å². The maximum Gasteiger partial charge on any atom is 0.223 e. The molecule has 0 saturated heterocycles. The molecule has 0 atom stereocenters. The Morgan fingerprint density at radius 1 is 0.500 bits per heavy atom. The van der Waals surface area contributed by atoms with Gasteiger partial charge >= 0.3 is 0 Å². The number of hydrogen-bond acceptors (Lipinski definition) is 4. The average Bonchev–Trinajstić information content (AvgIpc) is 2.98. The fourth-order valence-electron chi connectivity index (χ4n) is 5.01. The Balaban J connectivity index is 1.56. The van der Waals surface area contributed by atoms with Gasteiger partial charge in [0.15, 0.2) is 11.7 Å². The molecule has 4 aromatic carbocycles. The third-order valence-electron chi connectivity index (χ3n) is 6.95. The summed E-state index contributed by atoms with van der Waals surface area (Å²) >= 11 is 0. The van der Waals surface area contributed by atoms with Crippen molar-refractivity contribution in [2.24, 2.45) is 0 Å². The highest BCUT2D eigenvalue weighted by atomic mass is 19.1. The lowest BCUT2D eigenvalue weighted by molar-refractivity contribution is -0.114. The van der Waals surface area contributed by atoms with Gasteiger partial charge in [-0.1, -0.05) is 60.7 Å². The maximum atomic E-state index is 14.0. The number of rotatable bonds is 5. The number of carbonyl (C=O) groups is 2. The van der Waals surface area contributed by atoms with E-state index in [9.17, 15) is 27.2 Å². The lowest BCUT2D eigenvalue weighted by Gasteiger charge is -2.20. The van der Waals surface area contributed by atoms with Crippen LogP contribution in [0.3, 0.4) is 0 Å². The summed E-state index contributed by atoms with van der Waals surface area (Å²) in [7, 11) is 0. The van der Waals surface area contributed by atoms with Crippen LogP contribution in [0.15, 0.2) is 144 Å². The maximum absolute atomic E-state index is 14.0. The van der Waals surface area contributed by atoms with Crippen LogP contribution in [-0.2, 0) is 9.59 Å². The van der Waals surface area contributed by atoms with E-state index in [-0.39, 0.29) is 11.1 Å². The van der Waals surface area contributed by atoms with E-state index in [1.54, 1.807) is 12.1 Å². The van der Waals surface area contributed by atoms with Crippen molar-refractivity contribution in [1.29, 1.82) is 0 Å². The van der Waals surface area contributed by atoms with Gasteiger partial charge in [0.05, 0.1) is 0 Å². The number of fused-ring (bicyclic) bond motifs is 2. The number of carbonyl (C=O) groups excluding carboxylic acids is 2. The zero-order chi connectivity index (χ0) is 29.4. The van der Waals surface area contributed by atoms with E-state index in [1.807, 2.05) is 60.7 Å². The molecule has 0 heterocycles. The quantitative estimate of drug-likeness (QED) is 0.188. The number of allylic oxidation sites excluding steroid dienone is 10. The number of halogens is 4. The number of hydrogen-bond donors (Lipinski definition) is 2. The van der Waals surface area contributed by atoms with Crippen molar-refractivity contribution in [3.63, 3.8) is 0 Å². The van der Waals surface area contributed by atoms with Gasteiger partial charge in [0.2, 0.25) is 11.6 Å². The summed E-state index contributed by atoms with van der Waals surface area (Å²) in [5.74, 6) is -6.09. The van der Waals surface area contributed by atoms with Gasteiger partial charge < -0.3 is 10.6 Å². The molecule has 4 nitrogen and oxygen atoms in total. The Morgan fingerprint density at radius 3 is 1.33 bits per heavy atom. The van der Waals surface area contributed by atoms with Crippen molar-refractivity contribution in [3.05, 3.63) is 144 Å². The first kappa shape index (κ1) is 26.7. The molecule has 0 amide bonds. The van der Waals surface area contributed by atoms with Crippen LogP contribution in [0, 0.1) is 0 Å². The Bertz CT molecular complexity index is 1870. The summed E-state index contributed by atoms with van der Waals surface area (Å²) in [6.07, 6.45) is 5.43. The smallest absolute Gasteiger partial charge is 0.223 e. The molecular formula is C34H20F4N2O2. The third-order valence-corrected chi connectivity index (χ3v) is 6.95. The zero-order valence-electron chi connectivity index (χ0n) is 21.7. The average molecular weight is 565 g/mol. The van der Waals surface area contributed by atoms with Crippen LogP contribution in [0.5, 0.6) is 0 Å². The molecule has 0 bridgehead atoms. The van der Waals surface area contributed by atoms with Crippen molar-refractivity contribution in [2.75, 3.05) is 10.6 Å². The first-order valence-electron chi connectivity index (χ1n) is 12.9. The topological polar surface area (TPSA) is 58.2 Å². The second kappa shape index (κ2) is 10.8. The van der Waals surface area contributed by atoms with E-state index in [0.717, 1.165) is 33.7 Å². The van der Waals surface area contributed by atoms with Gasteiger partial charge in [-0.3, -0.25) is 9.59 Å². The fourth-order valence-corrected chi connectivity index (χ4v) is 5.01. The Kier molecular flexibility index (Phi) is 6.88. The normalized spacial score (nSPS) is 17.3. The highest BCUT2D eigenvalue weighted by molar-refractivity contribution is 6.15. The van der Waals surface area contributed by atoms with Gasteiger partial charge in [-0.2, -0.15) is 0 Å². The molecule has 42 heavy (non-hydrogen) atoms. The summed E-state index contributed by atoms with van der Waals surface area (Å²) in [5.41, 5.74) is 1.97. The van der Waals surface area contributed by atoms with E-state index in [0.29, 0.717) is 34.7 Å². The number of anilines is 2. The Labute approximate surface area is 237 Å². The molecule has 2 aliphatic carbocycles. The molecule has 0 aromatic heterocycles. The summed E-state index contributed by atoms with van der Waals surface area (Å²) in [6.45, 7) is 0. The van der Waals surface area contributed by atoms with Crippen LogP contribution >= 0.6 is 0 Å². The first-order valence-corrected chi connectivity index (χ1v) is 12.9. The monoisotopic (exact) mass is 564 g/mol. The first-order chi connectivity index (χ1) is 20.3. The molecule has 0 unspecified atom stereocenters. The van der Waals surface area contributed by atoms with Gasteiger partial charge in [0, 0.05) is 58.2 Å². The molecule has 0 fully saturated rings. The highest BCUT2D eigenvalue weighted by Gasteiger charge is 2.22. The minimum absolute atomic E-state index is 0.202. The molecule has 0 saturated carbocycles. The zero-order valence-corrected chi connectivity index (χ0v) is 21.7. The van der Waals surface area contributed by atoms with Crippen LogP contribution in [0.4, 0.5) is 28.9 Å².